The van der Waals surface area contributed by atoms with E-state index in [2.05, 4.69) is 0 Å². The second kappa shape index (κ2) is 4.84. The van der Waals surface area contributed by atoms with E-state index in [9.17, 15) is 4.79 Å². The third-order valence-electron chi connectivity index (χ3n) is 2.96. The first-order valence-electron chi connectivity index (χ1n) is 5.35. The minimum Gasteiger partial charge on any atom is -0.497 e. The van der Waals surface area contributed by atoms with E-state index in [0.717, 1.165) is 24.4 Å². The van der Waals surface area contributed by atoms with Gasteiger partial charge < -0.3 is 14.4 Å². The molecular formula is C12H14ClNO3. The van der Waals surface area contributed by atoms with Gasteiger partial charge in [0.25, 0.3) is 0 Å². The predicted octanol–water partition coefficient (Wildman–Crippen LogP) is 2.10. The smallest absolute Gasteiger partial charge is 0.328 e. The summed E-state index contributed by atoms with van der Waals surface area (Å²) in [6.07, 6.45) is 0.792. The molecule has 1 atom stereocenters. The average Bonchev–Trinajstić information content (AvgIpc) is 2.30. The highest BCUT2D eigenvalue weighted by molar-refractivity contribution is 6.33. The lowest BCUT2D eigenvalue weighted by Crippen LogP contribution is -2.53. The van der Waals surface area contributed by atoms with Crippen LogP contribution >= 0.6 is 11.6 Å². The van der Waals surface area contributed by atoms with Crippen LogP contribution in [0.4, 0.5) is 5.69 Å². The molecule has 1 aromatic carbocycles. The van der Waals surface area contributed by atoms with E-state index in [1.54, 1.807) is 19.2 Å². The summed E-state index contributed by atoms with van der Waals surface area (Å²) in [5.41, 5.74) is 0.813. The lowest BCUT2D eigenvalue weighted by Gasteiger charge is -2.41. The number of carbonyl (C=O) groups excluding carboxylic acids is 1. The summed E-state index contributed by atoms with van der Waals surface area (Å²) < 4.78 is 9.90. The maximum atomic E-state index is 11.5. The fourth-order valence-electron chi connectivity index (χ4n) is 1.90. The molecule has 0 saturated carbocycles. The van der Waals surface area contributed by atoms with E-state index >= 15 is 0 Å². The summed E-state index contributed by atoms with van der Waals surface area (Å²) in [6, 6.07) is 5.16. The number of hydrogen-bond donors (Lipinski definition) is 0. The van der Waals surface area contributed by atoms with E-state index in [1.807, 2.05) is 11.0 Å². The van der Waals surface area contributed by atoms with Crippen LogP contribution in [-0.4, -0.2) is 32.8 Å². The first kappa shape index (κ1) is 12.0. The molecule has 0 aliphatic carbocycles. The van der Waals surface area contributed by atoms with Crippen molar-refractivity contribution in [2.75, 3.05) is 25.7 Å². The number of esters is 1. The quantitative estimate of drug-likeness (QED) is 0.776. The van der Waals surface area contributed by atoms with Crippen molar-refractivity contribution in [3.63, 3.8) is 0 Å². The monoisotopic (exact) mass is 255 g/mol. The topological polar surface area (TPSA) is 38.8 Å². The molecule has 0 aromatic heterocycles. The van der Waals surface area contributed by atoms with Crippen molar-refractivity contribution in [1.82, 2.24) is 0 Å². The van der Waals surface area contributed by atoms with Gasteiger partial charge in [-0.05, 0) is 18.6 Å². The Morgan fingerprint density at radius 2 is 2.24 bits per heavy atom. The van der Waals surface area contributed by atoms with Gasteiger partial charge in [-0.2, -0.15) is 0 Å². The Balaban J connectivity index is 2.25. The normalized spacial score (nSPS) is 18.5. The summed E-state index contributed by atoms with van der Waals surface area (Å²) in [5.74, 6) is 0.495. The number of anilines is 1. The summed E-state index contributed by atoms with van der Waals surface area (Å²) in [6.45, 7) is 0.798. The molecule has 1 aliphatic heterocycles. The molecule has 1 saturated heterocycles. The molecule has 0 amide bonds. The Labute approximate surface area is 105 Å². The fourth-order valence-corrected chi connectivity index (χ4v) is 2.12. The molecule has 92 valence electrons. The molecule has 1 unspecified atom stereocenters. The second-order valence-corrected chi connectivity index (χ2v) is 4.25. The molecule has 0 bridgehead atoms. The summed E-state index contributed by atoms with van der Waals surface area (Å²) in [7, 11) is 2.99. The minimum absolute atomic E-state index is 0.227. The van der Waals surface area contributed by atoms with Gasteiger partial charge in [-0.1, -0.05) is 11.6 Å². The number of ether oxygens (including phenoxy) is 2. The molecule has 0 radical (unpaired) electrons. The maximum absolute atomic E-state index is 11.5. The van der Waals surface area contributed by atoms with Crippen molar-refractivity contribution in [2.24, 2.45) is 0 Å². The van der Waals surface area contributed by atoms with Crippen molar-refractivity contribution >= 4 is 23.3 Å². The van der Waals surface area contributed by atoms with Crippen LogP contribution in [0.15, 0.2) is 18.2 Å². The number of carbonyl (C=O) groups is 1. The summed E-state index contributed by atoms with van der Waals surface area (Å²) in [4.78, 5) is 13.4. The van der Waals surface area contributed by atoms with Crippen molar-refractivity contribution in [2.45, 2.75) is 12.5 Å². The zero-order valence-electron chi connectivity index (χ0n) is 9.77. The lowest BCUT2D eigenvalue weighted by atomic mass is 10.0. The second-order valence-electron chi connectivity index (χ2n) is 3.84. The highest BCUT2D eigenvalue weighted by Gasteiger charge is 2.36. The van der Waals surface area contributed by atoms with Gasteiger partial charge in [0.05, 0.1) is 24.9 Å². The van der Waals surface area contributed by atoms with E-state index in [1.165, 1.54) is 7.11 Å². The van der Waals surface area contributed by atoms with Crippen molar-refractivity contribution in [1.29, 1.82) is 0 Å². The SMILES string of the molecule is COC(=O)C1CCN1c1cc(OC)ccc1Cl. The molecule has 2 rings (SSSR count). The van der Waals surface area contributed by atoms with Crippen LogP contribution in [0.3, 0.4) is 0 Å². The van der Waals surface area contributed by atoms with Crippen LogP contribution in [0.2, 0.25) is 5.02 Å². The first-order chi connectivity index (χ1) is 8.17. The van der Waals surface area contributed by atoms with E-state index in [-0.39, 0.29) is 12.0 Å². The largest absolute Gasteiger partial charge is 0.497 e. The number of nitrogens with zero attached hydrogens (tertiary/aromatic N) is 1. The van der Waals surface area contributed by atoms with Gasteiger partial charge in [-0.15, -0.1) is 0 Å². The van der Waals surface area contributed by atoms with E-state index < -0.39 is 0 Å². The first-order valence-corrected chi connectivity index (χ1v) is 5.73. The third-order valence-corrected chi connectivity index (χ3v) is 3.28. The molecule has 0 spiro atoms. The molecule has 4 nitrogen and oxygen atoms in total. The zero-order chi connectivity index (χ0) is 12.4. The molecule has 5 heteroatoms. The van der Waals surface area contributed by atoms with Gasteiger partial charge in [0.2, 0.25) is 0 Å². The Kier molecular flexibility index (Phi) is 3.43. The standard InChI is InChI=1S/C12H14ClNO3/c1-16-8-3-4-9(13)11(7-8)14-6-5-10(14)12(15)17-2/h3-4,7,10H,5-6H2,1-2H3. The predicted molar refractivity (Wildman–Crippen MR) is 65.8 cm³/mol. The number of hydrogen-bond acceptors (Lipinski definition) is 4. The van der Waals surface area contributed by atoms with E-state index in [4.69, 9.17) is 21.1 Å². The highest BCUT2D eigenvalue weighted by Crippen LogP contribution is 2.35. The van der Waals surface area contributed by atoms with Crippen molar-refractivity contribution in [3.05, 3.63) is 23.2 Å². The maximum Gasteiger partial charge on any atom is 0.328 e. The van der Waals surface area contributed by atoms with Gasteiger partial charge in [0.1, 0.15) is 11.8 Å². The minimum atomic E-state index is -0.232. The van der Waals surface area contributed by atoms with Crippen LogP contribution in [0.1, 0.15) is 6.42 Å². The Hall–Kier alpha value is -1.42. The molecule has 17 heavy (non-hydrogen) atoms. The number of rotatable bonds is 3. The van der Waals surface area contributed by atoms with Gasteiger partial charge in [0.15, 0.2) is 0 Å². The van der Waals surface area contributed by atoms with Crippen LogP contribution < -0.4 is 9.64 Å². The Morgan fingerprint density at radius 1 is 1.47 bits per heavy atom. The molecule has 1 heterocycles. The molecular weight excluding hydrogens is 242 g/mol. The van der Waals surface area contributed by atoms with Crippen molar-refractivity contribution in [3.8, 4) is 5.75 Å². The average molecular weight is 256 g/mol. The summed E-state index contributed by atoms with van der Waals surface area (Å²) in [5, 5.41) is 0.611. The van der Waals surface area contributed by atoms with Crippen molar-refractivity contribution < 1.29 is 14.3 Å². The molecule has 1 aliphatic rings. The lowest BCUT2D eigenvalue weighted by molar-refractivity contribution is -0.143. The molecule has 1 fully saturated rings. The van der Waals surface area contributed by atoms with Gasteiger partial charge >= 0.3 is 5.97 Å². The third kappa shape index (κ3) is 2.17. The van der Waals surface area contributed by atoms with Crippen LogP contribution in [0.25, 0.3) is 0 Å². The number of benzene rings is 1. The fraction of sp³-hybridized carbons (Fsp3) is 0.417. The van der Waals surface area contributed by atoms with Crippen LogP contribution in [-0.2, 0) is 9.53 Å². The number of methoxy groups -OCH3 is 2. The van der Waals surface area contributed by atoms with Gasteiger partial charge in [-0.3, -0.25) is 0 Å². The van der Waals surface area contributed by atoms with Crippen LogP contribution in [0, 0.1) is 0 Å². The number of halogens is 1. The van der Waals surface area contributed by atoms with Crippen LogP contribution in [0.5, 0.6) is 5.75 Å². The Bertz CT molecular complexity index is 436. The van der Waals surface area contributed by atoms with Gasteiger partial charge in [-0.25, -0.2) is 4.79 Å². The Morgan fingerprint density at radius 3 is 2.76 bits per heavy atom. The molecule has 1 aromatic rings. The summed E-state index contributed by atoms with van der Waals surface area (Å²) >= 11 is 6.12. The zero-order valence-corrected chi connectivity index (χ0v) is 10.5. The molecule has 0 N–H and O–H groups in total. The van der Waals surface area contributed by atoms with E-state index in [0.29, 0.717) is 5.02 Å². The van der Waals surface area contributed by atoms with Gasteiger partial charge in [0, 0.05) is 12.6 Å². The highest BCUT2D eigenvalue weighted by atomic mass is 35.5.